The molecule has 100 valence electrons. The van der Waals surface area contributed by atoms with Crippen molar-refractivity contribution >= 4 is 0 Å². The summed E-state index contributed by atoms with van der Waals surface area (Å²) in [5, 5.41) is 16.1. The Balaban J connectivity index is 2.29. The number of hydrogen-bond donors (Lipinski definition) is 2. The molecule has 1 aromatic heterocycles. The van der Waals surface area contributed by atoms with Crippen molar-refractivity contribution in [3.8, 4) is 11.9 Å². The average molecular weight is 270 g/mol. The molecule has 20 heavy (non-hydrogen) atoms. The van der Waals surface area contributed by atoms with Crippen LogP contribution in [0.25, 0.3) is 0 Å². The van der Waals surface area contributed by atoms with Crippen LogP contribution in [-0.4, -0.2) is 10.2 Å². The van der Waals surface area contributed by atoms with Crippen molar-refractivity contribution in [2.45, 2.75) is 12.8 Å². The third-order valence-corrected chi connectivity index (χ3v) is 3.35. The molecule has 2 heterocycles. The first kappa shape index (κ1) is 12.2. The smallest absolute Gasteiger partial charge is 0.244 e. The fourth-order valence-electron chi connectivity index (χ4n) is 2.42. The number of aromatic nitrogens is 2. The van der Waals surface area contributed by atoms with E-state index in [1.54, 1.807) is 25.1 Å². The second-order valence-corrected chi connectivity index (χ2v) is 4.51. The lowest BCUT2D eigenvalue weighted by molar-refractivity contribution is 0.378. The van der Waals surface area contributed by atoms with Gasteiger partial charge in [-0.25, -0.2) is 4.39 Å². The van der Waals surface area contributed by atoms with Crippen LogP contribution in [0.3, 0.4) is 0 Å². The first-order valence-electron chi connectivity index (χ1n) is 6.00. The lowest BCUT2D eigenvalue weighted by Gasteiger charge is -2.23. The molecular weight excluding hydrogens is 259 g/mol. The molecule has 0 unspecified atom stereocenters. The molecule has 1 aromatic carbocycles. The fourth-order valence-corrected chi connectivity index (χ4v) is 2.42. The Morgan fingerprint density at radius 3 is 2.90 bits per heavy atom. The number of H-pyrrole nitrogens is 1. The molecule has 0 spiro atoms. The van der Waals surface area contributed by atoms with E-state index in [0.717, 1.165) is 0 Å². The van der Waals surface area contributed by atoms with Gasteiger partial charge in [-0.1, -0.05) is 18.2 Å². The minimum absolute atomic E-state index is 0.0419. The first-order valence-corrected chi connectivity index (χ1v) is 6.00. The molecule has 0 aliphatic carbocycles. The molecule has 3 N–H and O–H groups in total. The van der Waals surface area contributed by atoms with Crippen LogP contribution in [0.15, 0.2) is 35.7 Å². The molecule has 2 aromatic rings. The maximum Gasteiger partial charge on any atom is 0.244 e. The van der Waals surface area contributed by atoms with Gasteiger partial charge in [-0.15, -0.1) is 5.10 Å². The lowest BCUT2D eigenvalue weighted by atomic mass is 9.84. The van der Waals surface area contributed by atoms with E-state index < -0.39 is 11.7 Å². The van der Waals surface area contributed by atoms with Gasteiger partial charge in [0, 0.05) is 16.8 Å². The monoisotopic (exact) mass is 270 g/mol. The van der Waals surface area contributed by atoms with E-state index in [4.69, 9.17) is 10.5 Å². The summed E-state index contributed by atoms with van der Waals surface area (Å²) in [7, 11) is 0. The molecule has 1 atom stereocenters. The van der Waals surface area contributed by atoms with Crippen LogP contribution in [0.4, 0.5) is 4.39 Å². The van der Waals surface area contributed by atoms with E-state index in [2.05, 4.69) is 10.2 Å². The van der Waals surface area contributed by atoms with Crippen LogP contribution in [-0.2, 0) is 0 Å². The molecule has 0 amide bonds. The summed E-state index contributed by atoms with van der Waals surface area (Å²) >= 11 is 0. The highest BCUT2D eigenvalue weighted by molar-refractivity contribution is 5.55. The summed E-state index contributed by atoms with van der Waals surface area (Å²) < 4.78 is 19.4. The van der Waals surface area contributed by atoms with Gasteiger partial charge in [-0.05, 0) is 13.0 Å². The first-order chi connectivity index (χ1) is 9.63. The second-order valence-electron chi connectivity index (χ2n) is 4.51. The van der Waals surface area contributed by atoms with Gasteiger partial charge in [0.2, 0.25) is 11.8 Å². The summed E-state index contributed by atoms with van der Waals surface area (Å²) in [6.07, 6.45) is 0. The third kappa shape index (κ3) is 1.64. The van der Waals surface area contributed by atoms with Crippen molar-refractivity contribution < 1.29 is 9.13 Å². The number of aryl methyl sites for hydroxylation is 1. The SMILES string of the molecule is Cc1[nH]nc2c1[C@@H](c1ccccc1F)C(C#N)=C(N)O2. The van der Waals surface area contributed by atoms with Crippen molar-refractivity contribution in [1.29, 1.82) is 5.26 Å². The number of halogens is 1. The van der Waals surface area contributed by atoms with Gasteiger partial charge >= 0.3 is 0 Å². The minimum Gasteiger partial charge on any atom is -0.420 e. The lowest BCUT2D eigenvalue weighted by Crippen LogP contribution is -2.21. The van der Waals surface area contributed by atoms with Crippen LogP contribution in [0.5, 0.6) is 5.88 Å². The summed E-state index contributed by atoms with van der Waals surface area (Å²) in [5.74, 6) is -0.762. The van der Waals surface area contributed by atoms with E-state index in [0.29, 0.717) is 16.8 Å². The summed E-state index contributed by atoms with van der Waals surface area (Å²) in [5.41, 5.74) is 7.67. The Kier molecular flexibility index (Phi) is 2.68. The Hall–Kier alpha value is -2.81. The number of nitrogens with one attached hydrogen (secondary N) is 1. The van der Waals surface area contributed by atoms with Gasteiger partial charge in [0.25, 0.3) is 0 Å². The van der Waals surface area contributed by atoms with Crippen molar-refractivity contribution in [1.82, 2.24) is 10.2 Å². The third-order valence-electron chi connectivity index (χ3n) is 3.35. The van der Waals surface area contributed by atoms with Gasteiger partial charge in [0.15, 0.2) is 0 Å². The minimum atomic E-state index is -0.608. The zero-order chi connectivity index (χ0) is 14.3. The number of hydrogen-bond acceptors (Lipinski definition) is 4. The molecule has 0 bridgehead atoms. The van der Waals surface area contributed by atoms with Gasteiger partial charge in [-0.2, -0.15) is 5.26 Å². The molecule has 0 saturated heterocycles. The Bertz CT molecular complexity index is 757. The van der Waals surface area contributed by atoms with E-state index in [1.165, 1.54) is 6.07 Å². The highest BCUT2D eigenvalue weighted by atomic mass is 19.1. The Morgan fingerprint density at radius 1 is 1.45 bits per heavy atom. The second kappa shape index (κ2) is 4.38. The van der Waals surface area contributed by atoms with E-state index in [-0.39, 0.29) is 17.3 Å². The zero-order valence-electron chi connectivity index (χ0n) is 10.6. The fraction of sp³-hybridized carbons (Fsp3) is 0.143. The average Bonchev–Trinajstić information content (AvgIpc) is 2.79. The number of rotatable bonds is 1. The molecule has 0 fully saturated rings. The molecule has 1 aliphatic rings. The van der Waals surface area contributed by atoms with Crippen molar-refractivity contribution in [2.75, 3.05) is 0 Å². The molecular formula is C14H11FN4O. The number of allylic oxidation sites excluding steroid dienone is 1. The number of fused-ring (bicyclic) bond motifs is 1. The molecule has 1 aliphatic heterocycles. The number of aromatic amines is 1. The van der Waals surface area contributed by atoms with Crippen molar-refractivity contribution in [3.63, 3.8) is 0 Å². The molecule has 3 rings (SSSR count). The number of benzene rings is 1. The molecule has 5 nitrogen and oxygen atoms in total. The van der Waals surface area contributed by atoms with E-state index in [9.17, 15) is 9.65 Å². The van der Waals surface area contributed by atoms with Gasteiger partial charge in [-0.3, -0.25) is 5.10 Å². The molecule has 0 radical (unpaired) electrons. The highest BCUT2D eigenvalue weighted by Crippen LogP contribution is 2.43. The van der Waals surface area contributed by atoms with E-state index >= 15 is 0 Å². The number of nitriles is 1. The molecule has 6 heteroatoms. The quantitative estimate of drug-likeness (QED) is 0.830. The number of nitrogens with two attached hydrogens (primary N) is 1. The Morgan fingerprint density at radius 2 is 2.20 bits per heavy atom. The molecule has 0 saturated carbocycles. The van der Waals surface area contributed by atoms with Gasteiger partial charge in [0.1, 0.15) is 17.5 Å². The van der Waals surface area contributed by atoms with Gasteiger partial charge < -0.3 is 10.5 Å². The Labute approximate surface area is 114 Å². The summed E-state index contributed by atoms with van der Waals surface area (Å²) in [6.45, 7) is 1.79. The van der Waals surface area contributed by atoms with Crippen LogP contribution < -0.4 is 10.5 Å². The largest absolute Gasteiger partial charge is 0.420 e. The number of nitrogens with zero attached hydrogens (tertiary/aromatic N) is 2. The zero-order valence-corrected chi connectivity index (χ0v) is 10.6. The predicted octanol–water partition coefficient (Wildman–Crippen LogP) is 2.08. The summed E-state index contributed by atoms with van der Waals surface area (Å²) in [4.78, 5) is 0. The summed E-state index contributed by atoms with van der Waals surface area (Å²) in [6, 6.07) is 8.31. The van der Waals surface area contributed by atoms with Crippen molar-refractivity contribution in [2.24, 2.45) is 5.73 Å². The van der Waals surface area contributed by atoms with Crippen LogP contribution in [0.2, 0.25) is 0 Å². The van der Waals surface area contributed by atoms with Crippen molar-refractivity contribution in [3.05, 3.63) is 58.4 Å². The van der Waals surface area contributed by atoms with Crippen LogP contribution in [0.1, 0.15) is 22.7 Å². The maximum absolute atomic E-state index is 14.1. The topological polar surface area (TPSA) is 87.7 Å². The maximum atomic E-state index is 14.1. The van der Waals surface area contributed by atoms with Crippen LogP contribution >= 0.6 is 0 Å². The van der Waals surface area contributed by atoms with E-state index in [1.807, 2.05) is 6.07 Å². The highest BCUT2D eigenvalue weighted by Gasteiger charge is 2.35. The predicted molar refractivity (Wildman–Crippen MR) is 69.0 cm³/mol. The standard InChI is InChI=1S/C14H11FN4O/c1-7-11-12(8-4-2-3-5-10(8)15)9(6-16)13(17)20-14(11)19-18-7/h2-5,12H,17H2,1H3,(H,18,19)/t12-/m0/s1. The van der Waals surface area contributed by atoms with Gasteiger partial charge in [0.05, 0.1) is 5.92 Å². The van der Waals surface area contributed by atoms with Crippen LogP contribution in [0, 0.1) is 24.1 Å². The number of ether oxygens (including phenoxy) is 1. The normalized spacial score (nSPS) is 17.4.